The number of carbonyl (C=O) groups excluding carboxylic acids is 1. The van der Waals surface area contributed by atoms with Crippen molar-refractivity contribution in [1.82, 2.24) is 0 Å². The van der Waals surface area contributed by atoms with Crippen LogP contribution < -0.4 is 0 Å². The van der Waals surface area contributed by atoms with E-state index in [0.717, 1.165) is 12.0 Å². The summed E-state index contributed by atoms with van der Waals surface area (Å²) in [7, 11) is 1.59. The molecule has 1 saturated carbocycles. The molecule has 0 saturated heterocycles. The number of isocyanates is 1. The van der Waals surface area contributed by atoms with Gasteiger partial charge in [-0.2, -0.15) is 4.99 Å². The normalized spacial score (nSPS) is 17.1. The Hall–Kier alpha value is -1.51. The van der Waals surface area contributed by atoms with E-state index >= 15 is 0 Å². The molecule has 0 unspecified atom stereocenters. The lowest BCUT2D eigenvalue weighted by Gasteiger charge is -2.37. The van der Waals surface area contributed by atoms with Crippen LogP contribution >= 0.6 is 0 Å². The molecule has 1 fully saturated rings. The summed E-state index contributed by atoms with van der Waals surface area (Å²) in [6.07, 6.45) is 3.93. The molecule has 1 aromatic rings. The van der Waals surface area contributed by atoms with E-state index in [1.165, 1.54) is 6.07 Å². The van der Waals surface area contributed by atoms with Crippen LogP contribution in [0.2, 0.25) is 0 Å². The van der Waals surface area contributed by atoms with Crippen molar-refractivity contribution in [2.45, 2.75) is 31.4 Å². The Bertz CT molecular complexity index is 462. The fourth-order valence-corrected chi connectivity index (χ4v) is 2.23. The lowest BCUT2D eigenvalue weighted by atomic mass is 9.72. The standard InChI is InChI=1S/C13H14FNO2/c1-17-8-10-3-4-12(14)11(7-10)13(15-9-16)5-2-6-13/h3-4,7H,2,5-6,8H2,1H3. The Balaban J connectivity index is 2.42. The maximum absolute atomic E-state index is 13.8. The number of methoxy groups -OCH3 is 1. The monoisotopic (exact) mass is 235 g/mol. The lowest BCUT2D eigenvalue weighted by Crippen LogP contribution is -2.33. The van der Waals surface area contributed by atoms with Gasteiger partial charge in [0.2, 0.25) is 6.08 Å². The first kappa shape index (κ1) is 12.0. The lowest BCUT2D eigenvalue weighted by molar-refractivity contribution is 0.184. The van der Waals surface area contributed by atoms with Crippen molar-refractivity contribution in [3.63, 3.8) is 0 Å². The van der Waals surface area contributed by atoms with Gasteiger partial charge in [-0.15, -0.1) is 0 Å². The molecule has 0 aromatic heterocycles. The van der Waals surface area contributed by atoms with Crippen molar-refractivity contribution in [3.8, 4) is 0 Å². The molecule has 0 amide bonds. The Labute approximate surface area is 99.3 Å². The van der Waals surface area contributed by atoms with E-state index in [1.807, 2.05) is 0 Å². The van der Waals surface area contributed by atoms with Gasteiger partial charge < -0.3 is 4.74 Å². The molecule has 1 aliphatic carbocycles. The van der Waals surface area contributed by atoms with Crippen LogP contribution in [0.4, 0.5) is 4.39 Å². The minimum atomic E-state index is -0.685. The molecule has 0 radical (unpaired) electrons. The predicted molar refractivity (Wildman–Crippen MR) is 60.8 cm³/mol. The fourth-order valence-electron chi connectivity index (χ4n) is 2.23. The van der Waals surface area contributed by atoms with Crippen molar-refractivity contribution >= 4 is 6.08 Å². The molecule has 0 aliphatic heterocycles. The number of rotatable bonds is 4. The number of nitrogens with zero attached hydrogens (tertiary/aromatic N) is 1. The van der Waals surface area contributed by atoms with Crippen LogP contribution in [0.25, 0.3) is 0 Å². The maximum Gasteiger partial charge on any atom is 0.235 e. The van der Waals surface area contributed by atoms with Crippen molar-refractivity contribution < 1.29 is 13.9 Å². The predicted octanol–water partition coefficient (Wildman–Crippen LogP) is 2.69. The van der Waals surface area contributed by atoms with E-state index in [1.54, 1.807) is 25.3 Å². The zero-order chi connectivity index (χ0) is 12.3. The van der Waals surface area contributed by atoms with Gasteiger partial charge >= 0.3 is 0 Å². The SMILES string of the molecule is COCc1ccc(F)c(C2(N=C=O)CCC2)c1. The molecule has 0 heterocycles. The topological polar surface area (TPSA) is 38.7 Å². The first-order valence-corrected chi connectivity index (χ1v) is 5.59. The van der Waals surface area contributed by atoms with E-state index in [-0.39, 0.29) is 5.82 Å². The fraction of sp³-hybridized carbons (Fsp3) is 0.462. The van der Waals surface area contributed by atoms with E-state index in [9.17, 15) is 9.18 Å². The number of benzene rings is 1. The summed E-state index contributed by atoms with van der Waals surface area (Å²) in [5.41, 5.74) is 0.688. The molecule has 0 spiro atoms. The summed E-state index contributed by atoms with van der Waals surface area (Å²) in [4.78, 5) is 14.3. The first-order valence-electron chi connectivity index (χ1n) is 5.59. The number of halogens is 1. The van der Waals surface area contributed by atoms with E-state index in [2.05, 4.69) is 4.99 Å². The largest absolute Gasteiger partial charge is 0.380 e. The van der Waals surface area contributed by atoms with Gasteiger partial charge in [0.05, 0.1) is 6.61 Å². The van der Waals surface area contributed by atoms with Crippen LogP contribution in [0, 0.1) is 5.82 Å². The Morgan fingerprint density at radius 2 is 2.29 bits per heavy atom. The summed E-state index contributed by atoms with van der Waals surface area (Å²) in [6.45, 7) is 0.425. The van der Waals surface area contributed by atoms with Crippen LogP contribution in [0.5, 0.6) is 0 Å². The molecule has 1 aliphatic rings. The van der Waals surface area contributed by atoms with Gasteiger partial charge in [0.1, 0.15) is 11.4 Å². The van der Waals surface area contributed by atoms with Crippen LogP contribution in [0.3, 0.4) is 0 Å². The summed E-state index contributed by atoms with van der Waals surface area (Å²) >= 11 is 0. The number of ether oxygens (including phenoxy) is 1. The average Bonchev–Trinajstić information content (AvgIpc) is 2.27. The van der Waals surface area contributed by atoms with Crippen LogP contribution in [0.15, 0.2) is 23.2 Å². The third kappa shape index (κ3) is 2.14. The van der Waals surface area contributed by atoms with E-state index < -0.39 is 5.54 Å². The highest BCUT2D eigenvalue weighted by Gasteiger charge is 2.40. The highest BCUT2D eigenvalue weighted by Crippen LogP contribution is 2.45. The quantitative estimate of drug-likeness (QED) is 0.594. The van der Waals surface area contributed by atoms with Gasteiger partial charge in [-0.1, -0.05) is 6.07 Å². The second-order valence-electron chi connectivity index (χ2n) is 4.34. The molecule has 3 nitrogen and oxygen atoms in total. The second kappa shape index (κ2) is 4.78. The Kier molecular flexibility index (Phi) is 3.36. The maximum atomic E-state index is 13.8. The molecule has 0 atom stereocenters. The summed E-state index contributed by atoms with van der Waals surface area (Å²) in [5.74, 6) is -0.316. The van der Waals surface area contributed by atoms with Crippen molar-refractivity contribution in [2.24, 2.45) is 4.99 Å². The zero-order valence-corrected chi connectivity index (χ0v) is 9.70. The third-order valence-electron chi connectivity index (χ3n) is 3.28. The molecule has 90 valence electrons. The number of hydrogen-bond donors (Lipinski definition) is 0. The smallest absolute Gasteiger partial charge is 0.235 e. The van der Waals surface area contributed by atoms with Gasteiger partial charge in [-0.05, 0) is 37.0 Å². The summed E-state index contributed by atoms with van der Waals surface area (Å²) in [5, 5.41) is 0. The van der Waals surface area contributed by atoms with Crippen LogP contribution in [-0.4, -0.2) is 13.2 Å². The van der Waals surface area contributed by atoms with Crippen molar-refractivity contribution in [2.75, 3.05) is 7.11 Å². The highest BCUT2D eigenvalue weighted by molar-refractivity contribution is 5.41. The van der Waals surface area contributed by atoms with Gasteiger partial charge in [0, 0.05) is 12.7 Å². The van der Waals surface area contributed by atoms with Gasteiger partial charge in [-0.25, -0.2) is 9.18 Å². The molecule has 0 bridgehead atoms. The minimum absolute atomic E-state index is 0.316. The zero-order valence-electron chi connectivity index (χ0n) is 9.70. The number of aliphatic imine (C=N–C) groups is 1. The van der Waals surface area contributed by atoms with E-state index in [4.69, 9.17) is 4.74 Å². The Morgan fingerprint density at radius 3 is 2.82 bits per heavy atom. The Morgan fingerprint density at radius 1 is 1.53 bits per heavy atom. The molecular weight excluding hydrogens is 221 g/mol. The number of hydrogen-bond acceptors (Lipinski definition) is 3. The summed E-state index contributed by atoms with van der Waals surface area (Å²) in [6, 6.07) is 4.82. The molecule has 2 rings (SSSR count). The van der Waals surface area contributed by atoms with Gasteiger partial charge in [0.25, 0.3) is 0 Å². The first-order chi connectivity index (χ1) is 8.22. The highest BCUT2D eigenvalue weighted by atomic mass is 19.1. The van der Waals surface area contributed by atoms with Crippen molar-refractivity contribution in [3.05, 3.63) is 35.1 Å². The van der Waals surface area contributed by atoms with E-state index in [0.29, 0.717) is 25.0 Å². The van der Waals surface area contributed by atoms with Gasteiger partial charge in [-0.3, -0.25) is 0 Å². The summed E-state index contributed by atoms with van der Waals surface area (Å²) < 4.78 is 18.8. The molecule has 17 heavy (non-hydrogen) atoms. The third-order valence-corrected chi connectivity index (χ3v) is 3.28. The van der Waals surface area contributed by atoms with Crippen LogP contribution in [-0.2, 0) is 21.7 Å². The minimum Gasteiger partial charge on any atom is -0.380 e. The van der Waals surface area contributed by atoms with Crippen LogP contribution in [0.1, 0.15) is 30.4 Å². The molecule has 4 heteroatoms. The molecule has 0 N–H and O–H groups in total. The average molecular weight is 235 g/mol. The molecule has 1 aromatic carbocycles. The molecular formula is C13H14FNO2. The van der Waals surface area contributed by atoms with Crippen molar-refractivity contribution in [1.29, 1.82) is 0 Å². The van der Waals surface area contributed by atoms with Gasteiger partial charge in [0.15, 0.2) is 0 Å². The second-order valence-corrected chi connectivity index (χ2v) is 4.34.